The smallest absolute Gasteiger partial charge is 0.344 e. The molecule has 3 heteroatoms. The average Bonchev–Trinajstić information content (AvgIpc) is 2.59. The molecule has 0 bridgehead atoms. The van der Waals surface area contributed by atoms with Crippen molar-refractivity contribution in [1.82, 2.24) is 0 Å². The molecule has 2 aromatic rings. The average molecular weight is 324 g/mol. The number of carboxylic acids is 1. The highest BCUT2D eigenvalue weighted by Crippen LogP contribution is 2.26. The molecule has 0 fully saturated rings. The molecule has 0 heterocycles. The molecular formula is C21H24O3. The van der Waals surface area contributed by atoms with Gasteiger partial charge in [0.15, 0.2) is 6.10 Å². The van der Waals surface area contributed by atoms with Gasteiger partial charge in [-0.05, 0) is 74.3 Å². The van der Waals surface area contributed by atoms with Crippen LogP contribution < -0.4 is 4.74 Å². The minimum atomic E-state index is -0.903. The standard InChI is InChI=1S/C21H24O3/c1-15-6-8-16(9-7-15)10-13-20(21(22)23)24-19-12-11-17-4-2-3-5-18(17)14-19/h6-9,11-12,14,20H,2-5,10,13H2,1H3,(H,22,23). The Balaban J connectivity index is 1.65. The van der Waals surface area contributed by atoms with E-state index in [0.29, 0.717) is 18.6 Å². The minimum absolute atomic E-state index is 0.468. The van der Waals surface area contributed by atoms with E-state index in [1.54, 1.807) is 0 Å². The van der Waals surface area contributed by atoms with Crippen LogP contribution in [0.3, 0.4) is 0 Å². The Morgan fingerprint density at radius 3 is 2.50 bits per heavy atom. The quantitative estimate of drug-likeness (QED) is 0.860. The van der Waals surface area contributed by atoms with Crippen LogP contribution in [0, 0.1) is 6.92 Å². The zero-order valence-corrected chi connectivity index (χ0v) is 14.1. The first-order chi connectivity index (χ1) is 11.6. The third-order valence-electron chi connectivity index (χ3n) is 4.69. The number of ether oxygens (including phenoxy) is 1. The van der Waals surface area contributed by atoms with Crippen molar-refractivity contribution >= 4 is 5.97 Å². The van der Waals surface area contributed by atoms with Gasteiger partial charge in [-0.3, -0.25) is 0 Å². The van der Waals surface area contributed by atoms with E-state index < -0.39 is 12.1 Å². The van der Waals surface area contributed by atoms with Gasteiger partial charge in [0.2, 0.25) is 0 Å². The van der Waals surface area contributed by atoms with Crippen LogP contribution in [0.2, 0.25) is 0 Å². The maximum atomic E-state index is 11.5. The van der Waals surface area contributed by atoms with Gasteiger partial charge >= 0.3 is 5.97 Å². The van der Waals surface area contributed by atoms with Crippen LogP contribution in [0.25, 0.3) is 0 Å². The highest BCUT2D eigenvalue weighted by Gasteiger charge is 2.20. The number of fused-ring (bicyclic) bond motifs is 1. The van der Waals surface area contributed by atoms with E-state index in [4.69, 9.17) is 4.74 Å². The lowest BCUT2D eigenvalue weighted by Crippen LogP contribution is -2.27. The number of hydrogen-bond donors (Lipinski definition) is 1. The lowest BCUT2D eigenvalue weighted by Gasteiger charge is -2.19. The van der Waals surface area contributed by atoms with Crippen molar-refractivity contribution in [2.75, 3.05) is 0 Å². The van der Waals surface area contributed by atoms with Gasteiger partial charge in [-0.1, -0.05) is 35.9 Å². The summed E-state index contributed by atoms with van der Waals surface area (Å²) >= 11 is 0. The van der Waals surface area contributed by atoms with Crippen molar-refractivity contribution in [1.29, 1.82) is 0 Å². The summed E-state index contributed by atoms with van der Waals surface area (Å²) in [7, 11) is 0. The number of carbonyl (C=O) groups is 1. The summed E-state index contributed by atoms with van der Waals surface area (Å²) in [6.45, 7) is 2.04. The van der Waals surface area contributed by atoms with Crippen LogP contribution >= 0.6 is 0 Å². The lowest BCUT2D eigenvalue weighted by molar-refractivity contribution is -0.145. The largest absolute Gasteiger partial charge is 0.479 e. The Labute approximate surface area is 143 Å². The summed E-state index contributed by atoms with van der Waals surface area (Å²) in [6.07, 6.45) is 4.97. The SMILES string of the molecule is Cc1ccc(CCC(Oc2ccc3c(c2)CCCC3)C(=O)O)cc1. The lowest BCUT2D eigenvalue weighted by atomic mass is 9.92. The molecule has 1 aliphatic rings. The van der Waals surface area contributed by atoms with Crippen molar-refractivity contribution in [2.24, 2.45) is 0 Å². The van der Waals surface area contributed by atoms with Gasteiger partial charge < -0.3 is 9.84 Å². The van der Waals surface area contributed by atoms with Crippen LogP contribution in [0.15, 0.2) is 42.5 Å². The monoisotopic (exact) mass is 324 g/mol. The molecule has 24 heavy (non-hydrogen) atoms. The van der Waals surface area contributed by atoms with Gasteiger partial charge in [-0.15, -0.1) is 0 Å². The summed E-state index contributed by atoms with van der Waals surface area (Å²) in [5.74, 6) is -0.230. The van der Waals surface area contributed by atoms with Crippen molar-refractivity contribution in [3.63, 3.8) is 0 Å². The summed E-state index contributed by atoms with van der Waals surface area (Å²) in [4.78, 5) is 11.5. The molecule has 1 atom stereocenters. The zero-order valence-electron chi connectivity index (χ0n) is 14.1. The number of aryl methyl sites for hydroxylation is 4. The summed E-state index contributed by atoms with van der Waals surface area (Å²) < 4.78 is 5.79. The van der Waals surface area contributed by atoms with Gasteiger partial charge in [0.1, 0.15) is 5.75 Å². The van der Waals surface area contributed by atoms with Gasteiger partial charge in [0.05, 0.1) is 0 Å². The Kier molecular flexibility index (Phi) is 5.19. The third kappa shape index (κ3) is 4.16. The topological polar surface area (TPSA) is 46.5 Å². The van der Waals surface area contributed by atoms with Crippen LogP contribution in [0.4, 0.5) is 0 Å². The highest BCUT2D eigenvalue weighted by molar-refractivity contribution is 5.72. The van der Waals surface area contributed by atoms with Crippen molar-refractivity contribution in [3.05, 3.63) is 64.7 Å². The van der Waals surface area contributed by atoms with Gasteiger partial charge in [0.25, 0.3) is 0 Å². The normalized spacial score (nSPS) is 14.7. The highest BCUT2D eigenvalue weighted by atomic mass is 16.5. The van der Waals surface area contributed by atoms with Crippen molar-refractivity contribution < 1.29 is 14.6 Å². The molecule has 2 aromatic carbocycles. The number of carboxylic acid groups (broad SMARTS) is 1. The minimum Gasteiger partial charge on any atom is -0.479 e. The molecular weight excluding hydrogens is 300 g/mol. The van der Waals surface area contributed by atoms with E-state index in [9.17, 15) is 9.90 Å². The Bertz CT molecular complexity index is 704. The Hall–Kier alpha value is -2.29. The maximum absolute atomic E-state index is 11.5. The third-order valence-corrected chi connectivity index (χ3v) is 4.69. The molecule has 0 aliphatic heterocycles. The van der Waals surface area contributed by atoms with Gasteiger partial charge in [-0.2, -0.15) is 0 Å². The van der Waals surface area contributed by atoms with E-state index in [1.807, 2.05) is 31.2 Å². The molecule has 0 spiro atoms. The fraction of sp³-hybridized carbons (Fsp3) is 0.381. The number of hydrogen-bond acceptors (Lipinski definition) is 2. The van der Waals surface area contributed by atoms with Crippen molar-refractivity contribution in [3.8, 4) is 5.75 Å². The summed E-state index contributed by atoms with van der Waals surface area (Å²) in [5, 5.41) is 9.47. The van der Waals surface area contributed by atoms with E-state index in [0.717, 1.165) is 18.4 Å². The number of rotatable bonds is 6. The summed E-state index contributed by atoms with van der Waals surface area (Å²) in [6, 6.07) is 14.2. The second-order valence-corrected chi connectivity index (χ2v) is 6.61. The first kappa shape index (κ1) is 16.6. The fourth-order valence-electron chi connectivity index (χ4n) is 3.23. The fourth-order valence-corrected chi connectivity index (χ4v) is 3.23. The molecule has 0 saturated heterocycles. The zero-order chi connectivity index (χ0) is 16.9. The number of benzene rings is 2. The molecule has 3 nitrogen and oxygen atoms in total. The van der Waals surface area contributed by atoms with Crippen LogP contribution in [0.1, 0.15) is 41.5 Å². The molecule has 1 N–H and O–H groups in total. The Morgan fingerprint density at radius 2 is 1.79 bits per heavy atom. The Morgan fingerprint density at radius 1 is 1.08 bits per heavy atom. The van der Waals surface area contributed by atoms with E-state index in [2.05, 4.69) is 18.2 Å². The summed E-state index contributed by atoms with van der Waals surface area (Å²) in [5.41, 5.74) is 5.03. The second kappa shape index (κ2) is 7.52. The molecule has 0 saturated carbocycles. The predicted molar refractivity (Wildman–Crippen MR) is 94.6 cm³/mol. The molecule has 1 unspecified atom stereocenters. The molecule has 0 aromatic heterocycles. The van der Waals surface area contributed by atoms with E-state index in [1.165, 1.54) is 29.5 Å². The van der Waals surface area contributed by atoms with Crippen LogP contribution in [0.5, 0.6) is 5.75 Å². The predicted octanol–water partition coefficient (Wildman–Crippen LogP) is 4.34. The molecule has 126 valence electrons. The van der Waals surface area contributed by atoms with E-state index in [-0.39, 0.29) is 0 Å². The van der Waals surface area contributed by atoms with E-state index >= 15 is 0 Å². The van der Waals surface area contributed by atoms with Crippen molar-refractivity contribution in [2.45, 2.75) is 51.6 Å². The molecule has 1 aliphatic carbocycles. The van der Waals surface area contributed by atoms with Crippen LogP contribution in [-0.2, 0) is 24.1 Å². The maximum Gasteiger partial charge on any atom is 0.344 e. The molecule has 0 radical (unpaired) electrons. The van der Waals surface area contributed by atoms with Gasteiger partial charge in [-0.25, -0.2) is 4.79 Å². The number of aliphatic carboxylic acids is 1. The first-order valence-electron chi connectivity index (χ1n) is 8.68. The first-order valence-corrected chi connectivity index (χ1v) is 8.68. The molecule has 3 rings (SSSR count). The van der Waals surface area contributed by atoms with Crippen LogP contribution in [-0.4, -0.2) is 17.2 Å². The molecule has 0 amide bonds. The van der Waals surface area contributed by atoms with Gasteiger partial charge in [0, 0.05) is 0 Å². The second-order valence-electron chi connectivity index (χ2n) is 6.61.